The first-order valence-electron chi connectivity index (χ1n) is 9.84. The van der Waals surface area contributed by atoms with Crippen molar-refractivity contribution in [2.24, 2.45) is 0 Å². The van der Waals surface area contributed by atoms with Gasteiger partial charge in [-0.3, -0.25) is 0 Å². The fourth-order valence-electron chi connectivity index (χ4n) is 3.90. The minimum atomic E-state index is -1.67. The maximum absolute atomic E-state index is 10.6. The molecule has 13 atom stereocenters. The van der Waals surface area contributed by atoms with Crippen LogP contribution in [0.3, 0.4) is 0 Å². The van der Waals surface area contributed by atoms with Crippen LogP contribution in [0.15, 0.2) is 0 Å². The van der Waals surface area contributed by atoms with Gasteiger partial charge in [0.15, 0.2) is 12.6 Å². The van der Waals surface area contributed by atoms with Gasteiger partial charge in [0.2, 0.25) is 0 Å². The summed E-state index contributed by atoms with van der Waals surface area (Å²) < 4.78 is 21.9. The number of aliphatic hydroxyl groups is 8. The number of rotatable bonds is 6. The highest BCUT2D eigenvalue weighted by molar-refractivity contribution is 4.96. The molecule has 0 spiro atoms. The maximum Gasteiger partial charge on any atom is 0.187 e. The zero-order valence-electron chi connectivity index (χ0n) is 16.3. The Kier molecular flexibility index (Phi) is 8.01. The quantitative estimate of drug-likeness (QED) is 0.188. The molecule has 0 bridgehead atoms. The monoisotopic (exact) mass is 441 g/mol. The first-order chi connectivity index (χ1) is 14.2. The van der Waals surface area contributed by atoms with Crippen molar-refractivity contribution in [3.8, 4) is 0 Å². The molecule has 0 radical (unpaired) electrons. The fourth-order valence-corrected chi connectivity index (χ4v) is 3.90. The molecule has 0 aromatic rings. The molecule has 176 valence electrons. The van der Waals surface area contributed by atoms with E-state index in [0.717, 1.165) is 0 Å². The summed E-state index contributed by atoms with van der Waals surface area (Å²) in [6.45, 7) is 0.600. The van der Waals surface area contributed by atoms with Gasteiger partial charge < -0.3 is 65.1 Å². The molecule has 0 aromatic heterocycles. The first-order valence-corrected chi connectivity index (χ1v) is 9.84. The Morgan fingerprint density at radius 2 is 1.37 bits per heavy atom. The van der Waals surface area contributed by atoms with Gasteiger partial charge in [0, 0.05) is 6.54 Å². The Balaban J connectivity index is 1.68. The van der Waals surface area contributed by atoms with Crippen molar-refractivity contribution >= 4 is 0 Å². The van der Waals surface area contributed by atoms with E-state index >= 15 is 0 Å². The zero-order chi connectivity index (χ0) is 22.2. The van der Waals surface area contributed by atoms with Gasteiger partial charge in [0.1, 0.15) is 48.8 Å². The Morgan fingerprint density at radius 1 is 0.767 bits per heavy atom. The lowest BCUT2D eigenvalue weighted by atomic mass is 9.97. The molecule has 0 saturated carbocycles. The normalized spacial score (nSPS) is 52.5. The second kappa shape index (κ2) is 9.95. The van der Waals surface area contributed by atoms with E-state index in [9.17, 15) is 40.9 Å². The maximum atomic E-state index is 10.6. The predicted molar refractivity (Wildman–Crippen MR) is 94.7 cm³/mol. The molecule has 30 heavy (non-hydrogen) atoms. The van der Waals surface area contributed by atoms with Gasteiger partial charge in [-0.25, -0.2) is 0 Å². The summed E-state index contributed by atoms with van der Waals surface area (Å²) in [6.07, 6.45) is -16.2. The van der Waals surface area contributed by atoms with Crippen LogP contribution < -0.4 is 5.32 Å². The fraction of sp³-hybridized carbons (Fsp3) is 1.00. The Morgan fingerprint density at radius 3 is 2.00 bits per heavy atom. The molecular formula is C17H31NO12. The Hall–Kier alpha value is -0.520. The molecule has 0 unspecified atom stereocenters. The van der Waals surface area contributed by atoms with Crippen LogP contribution in [0.2, 0.25) is 0 Å². The molecule has 9 N–H and O–H groups in total. The van der Waals surface area contributed by atoms with Crippen LogP contribution in [0.1, 0.15) is 6.92 Å². The third kappa shape index (κ3) is 4.63. The highest BCUT2D eigenvalue weighted by Crippen LogP contribution is 2.30. The number of ether oxygens (including phenoxy) is 4. The summed E-state index contributed by atoms with van der Waals surface area (Å²) in [7, 11) is 0. The highest BCUT2D eigenvalue weighted by Gasteiger charge is 2.51. The molecule has 3 aliphatic rings. The zero-order valence-corrected chi connectivity index (χ0v) is 16.3. The highest BCUT2D eigenvalue weighted by atomic mass is 16.7. The van der Waals surface area contributed by atoms with Gasteiger partial charge in [-0.05, 0) is 6.92 Å². The lowest BCUT2D eigenvalue weighted by molar-refractivity contribution is -0.361. The molecule has 3 rings (SSSR count). The average molecular weight is 441 g/mol. The lowest BCUT2D eigenvalue weighted by Gasteiger charge is -2.46. The third-order valence-corrected chi connectivity index (χ3v) is 5.77. The van der Waals surface area contributed by atoms with Crippen LogP contribution in [-0.4, -0.2) is 140 Å². The van der Waals surface area contributed by atoms with Gasteiger partial charge in [0.05, 0.1) is 31.5 Å². The molecule has 13 nitrogen and oxygen atoms in total. The van der Waals surface area contributed by atoms with E-state index in [1.54, 1.807) is 0 Å². The third-order valence-electron chi connectivity index (χ3n) is 5.77. The van der Waals surface area contributed by atoms with E-state index in [1.165, 1.54) is 6.92 Å². The van der Waals surface area contributed by atoms with E-state index in [-0.39, 0.29) is 13.2 Å². The van der Waals surface area contributed by atoms with Crippen LogP contribution in [0.5, 0.6) is 0 Å². The molecule has 3 aliphatic heterocycles. The SMILES string of the molecule is C[C@H]1O[C@@H](O[C@H]2[C@H](O)[C@@H](O)[C@H](O[C@H]3[C@H](O)CN[C@@H]3CO)O[C@@H]2CO)[C@H](O)[C@@H](O)[C@@H]1O. The summed E-state index contributed by atoms with van der Waals surface area (Å²) in [6, 6.07) is -0.616. The lowest BCUT2D eigenvalue weighted by Crippen LogP contribution is -2.64. The molecule has 0 amide bonds. The van der Waals surface area contributed by atoms with Crippen molar-refractivity contribution in [1.29, 1.82) is 0 Å². The minimum absolute atomic E-state index is 0.152. The first kappa shape index (κ1) is 24.1. The van der Waals surface area contributed by atoms with Gasteiger partial charge in [-0.15, -0.1) is 0 Å². The van der Waals surface area contributed by atoms with Crippen LogP contribution >= 0.6 is 0 Å². The smallest absolute Gasteiger partial charge is 0.187 e. The van der Waals surface area contributed by atoms with E-state index in [0.29, 0.717) is 0 Å². The van der Waals surface area contributed by atoms with Crippen molar-refractivity contribution in [3.63, 3.8) is 0 Å². The number of aliphatic hydroxyl groups excluding tert-OH is 8. The van der Waals surface area contributed by atoms with Crippen LogP contribution in [-0.2, 0) is 18.9 Å². The number of hydrogen-bond donors (Lipinski definition) is 9. The van der Waals surface area contributed by atoms with E-state index < -0.39 is 86.3 Å². The second-order valence-corrected chi connectivity index (χ2v) is 7.85. The Bertz CT molecular complexity index is 555. The molecule has 0 aromatic carbocycles. The Labute approximate surface area is 172 Å². The topological polar surface area (TPSA) is 211 Å². The number of hydrogen-bond acceptors (Lipinski definition) is 13. The van der Waals surface area contributed by atoms with E-state index in [2.05, 4.69) is 5.32 Å². The van der Waals surface area contributed by atoms with Crippen molar-refractivity contribution < 1.29 is 59.8 Å². The van der Waals surface area contributed by atoms with Gasteiger partial charge in [-0.1, -0.05) is 0 Å². The van der Waals surface area contributed by atoms with Crippen molar-refractivity contribution in [2.75, 3.05) is 19.8 Å². The summed E-state index contributed by atoms with van der Waals surface area (Å²) in [5, 5.41) is 82.7. The number of β-amino-alcohol motifs (C(OH)–C–C–N with tert-alkyl or cyclic N) is 1. The molecular weight excluding hydrogens is 410 g/mol. The summed E-state index contributed by atoms with van der Waals surface area (Å²) >= 11 is 0. The van der Waals surface area contributed by atoms with Crippen LogP contribution in [0, 0.1) is 0 Å². The van der Waals surface area contributed by atoms with Crippen molar-refractivity contribution in [1.82, 2.24) is 5.32 Å². The molecule has 0 aliphatic carbocycles. The van der Waals surface area contributed by atoms with Crippen molar-refractivity contribution in [3.05, 3.63) is 0 Å². The standard InChI is InChI=1S/C17H31NO12/c1-5-9(22)10(23)12(25)16(27-5)30-15-8(4-20)28-17(13(26)11(15)24)29-14-6(3-19)18-2-7(14)21/h5-26H,2-4H2,1H3/t5-,6-,7-,8-,9-,10+,11-,12-,13-,14-,15-,16+,17+/m1/s1. The van der Waals surface area contributed by atoms with E-state index in [1.807, 2.05) is 0 Å². The second-order valence-electron chi connectivity index (χ2n) is 7.85. The summed E-state index contributed by atoms with van der Waals surface area (Å²) in [5.41, 5.74) is 0. The molecule has 3 heterocycles. The van der Waals surface area contributed by atoms with E-state index in [4.69, 9.17) is 18.9 Å². The molecule has 3 saturated heterocycles. The van der Waals surface area contributed by atoms with Crippen LogP contribution in [0.4, 0.5) is 0 Å². The van der Waals surface area contributed by atoms with Gasteiger partial charge >= 0.3 is 0 Å². The average Bonchev–Trinajstić information content (AvgIpc) is 3.09. The van der Waals surface area contributed by atoms with Gasteiger partial charge in [0.25, 0.3) is 0 Å². The minimum Gasteiger partial charge on any atom is -0.395 e. The number of nitrogens with one attached hydrogen (secondary N) is 1. The van der Waals surface area contributed by atoms with Crippen molar-refractivity contribution in [2.45, 2.75) is 86.6 Å². The summed E-state index contributed by atoms with van der Waals surface area (Å²) in [4.78, 5) is 0. The van der Waals surface area contributed by atoms with Crippen LogP contribution in [0.25, 0.3) is 0 Å². The largest absolute Gasteiger partial charge is 0.395 e. The molecule has 3 fully saturated rings. The van der Waals surface area contributed by atoms with Gasteiger partial charge in [-0.2, -0.15) is 0 Å². The predicted octanol–water partition coefficient (Wildman–Crippen LogP) is -5.65. The molecule has 13 heteroatoms. The summed E-state index contributed by atoms with van der Waals surface area (Å²) in [5.74, 6) is 0.